The monoisotopic (exact) mass is 203 g/mol. The quantitative estimate of drug-likeness (QED) is 0.815. The maximum Gasteiger partial charge on any atom is 0.155 e. The largest absolute Gasteiger partial charge is 0.375 e. The summed E-state index contributed by atoms with van der Waals surface area (Å²) < 4.78 is 0. The smallest absolute Gasteiger partial charge is 0.155 e. The van der Waals surface area contributed by atoms with Gasteiger partial charge < -0.3 is 5.32 Å². The first-order chi connectivity index (χ1) is 7.31. The van der Waals surface area contributed by atoms with E-state index in [9.17, 15) is 4.79 Å². The lowest BCUT2D eigenvalue weighted by Crippen LogP contribution is -2.26. The van der Waals surface area contributed by atoms with Crippen LogP contribution in [0.2, 0.25) is 0 Å². The number of unbranched alkanes of at least 4 members (excludes halogenated alkanes) is 1. The molecular weight excluding hydrogens is 186 g/mol. The van der Waals surface area contributed by atoms with Gasteiger partial charge in [-0.25, -0.2) is 0 Å². The van der Waals surface area contributed by atoms with E-state index in [0.29, 0.717) is 12.2 Å². The topological polar surface area (TPSA) is 29.1 Å². The lowest BCUT2D eigenvalue weighted by molar-refractivity contribution is -0.119. The van der Waals surface area contributed by atoms with Crippen LogP contribution in [-0.4, -0.2) is 11.8 Å². The maximum absolute atomic E-state index is 11.8. The highest BCUT2D eigenvalue weighted by atomic mass is 16.1. The number of rotatable bonds is 4. The van der Waals surface area contributed by atoms with Gasteiger partial charge in [0.05, 0.1) is 6.04 Å². The minimum Gasteiger partial charge on any atom is -0.375 e. The zero-order valence-corrected chi connectivity index (χ0v) is 9.12. The number of Topliss-reactive ketones (excluding diaryl/α,β-unsaturated/α-hetero) is 1. The molecule has 0 aromatic heterocycles. The molecule has 0 aliphatic carbocycles. The van der Waals surface area contributed by atoms with Crippen molar-refractivity contribution in [3.05, 3.63) is 29.8 Å². The van der Waals surface area contributed by atoms with Crippen LogP contribution in [0, 0.1) is 0 Å². The Kier molecular flexibility index (Phi) is 3.05. The Labute approximate surface area is 90.7 Å². The first-order valence-corrected chi connectivity index (χ1v) is 5.68. The van der Waals surface area contributed by atoms with Gasteiger partial charge in [-0.05, 0) is 18.1 Å². The summed E-state index contributed by atoms with van der Waals surface area (Å²) in [6.07, 6.45) is 3.67. The highest BCUT2D eigenvalue weighted by Crippen LogP contribution is 2.26. The van der Waals surface area contributed by atoms with Gasteiger partial charge in [0.2, 0.25) is 0 Å². The van der Waals surface area contributed by atoms with Crippen molar-refractivity contribution >= 4 is 11.5 Å². The Morgan fingerprint density at radius 2 is 2.27 bits per heavy atom. The van der Waals surface area contributed by atoms with Gasteiger partial charge in [-0.15, -0.1) is 0 Å². The molecule has 1 aromatic rings. The van der Waals surface area contributed by atoms with Crippen LogP contribution in [0.5, 0.6) is 0 Å². The number of ketones is 1. The average Bonchev–Trinajstić information content (AvgIpc) is 2.69. The number of nitrogens with one attached hydrogen (secondary N) is 1. The van der Waals surface area contributed by atoms with E-state index >= 15 is 0 Å². The van der Waals surface area contributed by atoms with Gasteiger partial charge in [-0.3, -0.25) is 4.79 Å². The summed E-state index contributed by atoms with van der Waals surface area (Å²) in [5.41, 5.74) is 2.40. The van der Waals surface area contributed by atoms with Crippen LogP contribution >= 0.6 is 0 Å². The lowest BCUT2D eigenvalue weighted by Gasteiger charge is -2.09. The molecule has 0 fully saturated rings. The molecule has 0 amide bonds. The van der Waals surface area contributed by atoms with E-state index in [1.807, 2.05) is 18.2 Å². The van der Waals surface area contributed by atoms with Crippen LogP contribution in [0.1, 0.15) is 31.7 Å². The van der Waals surface area contributed by atoms with Crippen molar-refractivity contribution < 1.29 is 4.79 Å². The number of para-hydroxylation sites is 1. The zero-order valence-electron chi connectivity index (χ0n) is 9.12. The molecule has 1 unspecified atom stereocenters. The summed E-state index contributed by atoms with van der Waals surface area (Å²) >= 11 is 0. The molecule has 1 atom stereocenters. The van der Waals surface area contributed by atoms with Crippen LogP contribution in [0.25, 0.3) is 0 Å². The van der Waals surface area contributed by atoms with E-state index in [1.54, 1.807) is 0 Å². The number of hydrogen-bond acceptors (Lipinski definition) is 2. The molecule has 0 saturated heterocycles. The highest BCUT2D eigenvalue weighted by Gasteiger charge is 2.25. The van der Waals surface area contributed by atoms with Crippen molar-refractivity contribution in [1.29, 1.82) is 0 Å². The molecule has 1 aliphatic heterocycles. The summed E-state index contributed by atoms with van der Waals surface area (Å²) in [7, 11) is 0. The molecule has 1 aromatic carbocycles. The lowest BCUT2D eigenvalue weighted by atomic mass is 10.0. The second-order valence-corrected chi connectivity index (χ2v) is 4.13. The van der Waals surface area contributed by atoms with E-state index in [0.717, 1.165) is 24.9 Å². The number of hydrogen-bond donors (Lipinski definition) is 1. The van der Waals surface area contributed by atoms with Crippen molar-refractivity contribution in [3.8, 4) is 0 Å². The fraction of sp³-hybridized carbons (Fsp3) is 0.462. The summed E-state index contributed by atoms with van der Waals surface area (Å²) in [5.74, 6) is 0.355. The Morgan fingerprint density at radius 1 is 1.47 bits per heavy atom. The van der Waals surface area contributed by atoms with E-state index in [4.69, 9.17) is 0 Å². The van der Waals surface area contributed by atoms with Gasteiger partial charge in [-0.2, -0.15) is 0 Å². The van der Waals surface area contributed by atoms with Crippen LogP contribution in [0.3, 0.4) is 0 Å². The van der Waals surface area contributed by atoms with Crippen molar-refractivity contribution in [2.75, 3.05) is 5.32 Å². The van der Waals surface area contributed by atoms with E-state index in [1.165, 1.54) is 5.56 Å². The standard InChI is InChI=1S/C13H17NO/c1-2-3-8-13(15)12-9-10-6-4-5-7-11(10)14-12/h4-7,12,14H,2-3,8-9H2,1H3. The highest BCUT2D eigenvalue weighted by molar-refractivity contribution is 5.89. The molecular formula is C13H17NO. The third-order valence-electron chi connectivity index (χ3n) is 2.94. The van der Waals surface area contributed by atoms with Gasteiger partial charge in [-0.1, -0.05) is 31.5 Å². The van der Waals surface area contributed by atoms with Crippen LogP contribution in [0.15, 0.2) is 24.3 Å². The molecule has 80 valence electrons. The maximum atomic E-state index is 11.8. The number of benzene rings is 1. The SMILES string of the molecule is CCCCC(=O)C1Cc2ccccc2N1. The molecule has 2 nitrogen and oxygen atoms in total. The summed E-state index contributed by atoms with van der Waals surface area (Å²) in [4.78, 5) is 11.8. The third-order valence-corrected chi connectivity index (χ3v) is 2.94. The molecule has 1 aliphatic rings. The van der Waals surface area contributed by atoms with Crippen molar-refractivity contribution in [1.82, 2.24) is 0 Å². The van der Waals surface area contributed by atoms with Crippen LogP contribution in [0.4, 0.5) is 5.69 Å². The predicted octanol–water partition coefficient (Wildman–Crippen LogP) is 2.78. The van der Waals surface area contributed by atoms with Gasteiger partial charge in [0.25, 0.3) is 0 Å². The first kappa shape index (κ1) is 10.2. The Balaban J connectivity index is 1.98. The number of anilines is 1. The van der Waals surface area contributed by atoms with Crippen molar-refractivity contribution in [2.45, 2.75) is 38.6 Å². The molecule has 2 rings (SSSR count). The van der Waals surface area contributed by atoms with Gasteiger partial charge >= 0.3 is 0 Å². The summed E-state index contributed by atoms with van der Waals surface area (Å²) in [5, 5.41) is 3.29. The van der Waals surface area contributed by atoms with Gasteiger partial charge in [0.1, 0.15) is 0 Å². The second kappa shape index (κ2) is 4.47. The summed E-state index contributed by atoms with van der Waals surface area (Å²) in [6.45, 7) is 2.12. The molecule has 0 bridgehead atoms. The number of carbonyl (C=O) groups excluding carboxylic acids is 1. The third kappa shape index (κ3) is 2.20. The van der Waals surface area contributed by atoms with Crippen LogP contribution < -0.4 is 5.32 Å². The summed E-state index contributed by atoms with van der Waals surface area (Å²) in [6, 6.07) is 8.19. The molecule has 0 saturated carbocycles. The fourth-order valence-corrected chi connectivity index (χ4v) is 2.02. The Bertz CT molecular complexity index is 334. The minimum atomic E-state index is 0.0222. The molecule has 1 heterocycles. The fourth-order valence-electron chi connectivity index (χ4n) is 2.02. The van der Waals surface area contributed by atoms with Gasteiger partial charge in [0.15, 0.2) is 5.78 Å². The molecule has 2 heteroatoms. The molecule has 15 heavy (non-hydrogen) atoms. The normalized spacial score (nSPS) is 18.3. The predicted molar refractivity (Wildman–Crippen MR) is 62.1 cm³/mol. The average molecular weight is 203 g/mol. The number of carbonyl (C=O) groups is 1. The van der Waals surface area contributed by atoms with Crippen molar-refractivity contribution in [2.24, 2.45) is 0 Å². The Morgan fingerprint density at radius 3 is 3.00 bits per heavy atom. The van der Waals surface area contributed by atoms with Crippen molar-refractivity contribution in [3.63, 3.8) is 0 Å². The minimum absolute atomic E-state index is 0.0222. The van der Waals surface area contributed by atoms with E-state index in [-0.39, 0.29) is 6.04 Å². The second-order valence-electron chi connectivity index (χ2n) is 4.13. The zero-order chi connectivity index (χ0) is 10.7. The van der Waals surface area contributed by atoms with Crippen LogP contribution in [-0.2, 0) is 11.2 Å². The Hall–Kier alpha value is -1.31. The molecule has 0 radical (unpaired) electrons. The molecule has 0 spiro atoms. The van der Waals surface area contributed by atoms with E-state index < -0.39 is 0 Å². The molecule has 1 N–H and O–H groups in total. The number of fused-ring (bicyclic) bond motifs is 1. The first-order valence-electron chi connectivity index (χ1n) is 5.68. The van der Waals surface area contributed by atoms with Gasteiger partial charge in [0, 0.05) is 18.5 Å². The van der Waals surface area contributed by atoms with E-state index in [2.05, 4.69) is 18.3 Å².